The van der Waals surface area contributed by atoms with E-state index in [4.69, 9.17) is 19.7 Å². The van der Waals surface area contributed by atoms with Gasteiger partial charge in [0.25, 0.3) is 0 Å². The molecular formula is C10H24O4. The molecular weight excluding hydrogens is 184 g/mol. The summed E-state index contributed by atoms with van der Waals surface area (Å²) < 4.78 is 9.57. The van der Waals surface area contributed by atoms with E-state index >= 15 is 0 Å². The summed E-state index contributed by atoms with van der Waals surface area (Å²) in [7, 11) is 0. The molecule has 0 radical (unpaired) electrons. The maximum absolute atomic E-state index is 8.18. The summed E-state index contributed by atoms with van der Waals surface area (Å²) in [5, 5.41) is 16.4. The number of hydrogen-bond donors (Lipinski definition) is 2. The van der Waals surface area contributed by atoms with Crippen molar-refractivity contribution in [1.82, 2.24) is 0 Å². The van der Waals surface area contributed by atoms with Crippen LogP contribution in [0.4, 0.5) is 0 Å². The maximum atomic E-state index is 8.18. The monoisotopic (exact) mass is 208 g/mol. The molecule has 4 nitrogen and oxygen atoms in total. The van der Waals surface area contributed by atoms with E-state index in [1.807, 2.05) is 41.5 Å². The first kappa shape index (κ1) is 16.3. The lowest BCUT2D eigenvalue weighted by atomic mass is 10.2. The number of aliphatic hydroxyl groups is 2. The fraction of sp³-hybridized carbons (Fsp3) is 1.00. The zero-order chi connectivity index (χ0) is 11.8. The van der Waals surface area contributed by atoms with Crippen LogP contribution >= 0.6 is 0 Å². The molecule has 0 heterocycles. The second-order valence-corrected chi connectivity index (χ2v) is 4.77. The van der Waals surface area contributed by atoms with Gasteiger partial charge in [-0.1, -0.05) is 0 Å². The van der Waals surface area contributed by atoms with Crippen molar-refractivity contribution in [3.63, 3.8) is 0 Å². The van der Waals surface area contributed by atoms with Gasteiger partial charge in [0.2, 0.25) is 0 Å². The molecule has 0 aliphatic rings. The van der Waals surface area contributed by atoms with Gasteiger partial charge >= 0.3 is 0 Å². The van der Waals surface area contributed by atoms with Gasteiger partial charge in [-0.05, 0) is 41.5 Å². The fourth-order valence-electron chi connectivity index (χ4n) is 0.387. The molecule has 0 spiro atoms. The van der Waals surface area contributed by atoms with Crippen LogP contribution in [0.1, 0.15) is 41.5 Å². The van der Waals surface area contributed by atoms with Gasteiger partial charge in [0, 0.05) is 0 Å². The minimum atomic E-state index is -0.200. The van der Waals surface area contributed by atoms with Crippen molar-refractivity contribution in [2.24, 2.45) is 0 Å². The third kappa shape index (κ3) is 22.6. The molecule has 4 heteroatoms. The summed E-state index contributed by atoms with van der Waals surface area (Å²) in [5.41, 5.74) is -0.399. The quantitative estimate of drug-likeness (QED) is 0.675. The smallest absolute Gasteiger partial charge is 0.144 e. The Labute approximate surface area is 86.8 Å². The van der Waals surface area contributed by atoms with Crippen molar-refractivity contribution in [3.8, 4) is 0 Å². The fourth-order valence-corrected chi connectivity index (χ4v) is 0.387. The summed E-state index contributed by atoms with van der Waals surface area (Å²) in [5.74, 6) is 0. The minimum absolute atomic E-state index is 0.191. The first-order valence-corrected chi connectivity index (χ1v) is 4.62. The van der Waals surface area contributed by atoms with Crippen LogP contribution in [0.2, 0.25) is 0 Å². The molecule has 0 bridgehead atoms. The molecule has 0 fully saturated rings. The molecule has 0 atom stereocenters. The van der Waals surface area contributed by atoms with Crippen LogP contribution in [-0.4, -0.2) is 35.0 Å². The topological polar surface area (TPSA) is 58.9 Å². The van der Waals surface area contributed by atoms with Gasteiger partial charge in [-0.2, -0.15) is 0 Å². The van der Waals surface area contributed by atoms with Crippen LogP contribution in [0.5, 0.6) is 0 Å². The Balaban J connectivity index is 0. The minimum Gasteiger partial charge on any atom is -0.371 e. The molecule has 0 amide bonds. The average molecular weight is 208 g/mol. The average Bonchev–Trinajstić information content (AvgIpc) is 1.81. The van der Waals surface area contributed by atoms with E-state index < -0.39 is 0 Å². The summed E-state index contributed by atoms with van der Waals surface area (Å²) in [6.45, 7) is 11.0. The number of aliphatic hydroxyl groups excluding tert-OH is 2. The van der Waals surface area contributed by atoms with Gasteiger partial charge in [0.15, 0.2) is 0 Å². The standard InChI is InChI=1S/2C5H12O2/c2*1-5(2,3)7-4-6/h2*6H,4H2,1-3H3. The van der Waals surface area contributed by atoms with Crippen molar-refractivity contribution in [1.29, 1.82) is 0 Å². The van der Waals surface area contributed by atoms with Crippen LogP contribution in [-0.2, 0) is 9.47 Å². The van der Waals surface area contributed by atoms with Gasteiger partial charge in [-0.3, -0.25) is 0 Å². The summed E-state index contributed by atoms with van der Waals surface area (Å²) in [6, 6.07) is 0. The number of rotatable bonds is 2. The Kier molecular flexibility index (Phi) is 8.34. The van der Waals surface area contributed by atoms with Gasteiger partial charge in [-0.25, -0.2) is 0 Å². The molecule has 88 valence electrons. The van der Waals surface area contributed by atoms with Crippen molar-refractivity contribution in [2.75, 3.05) is 13.6 Å². The molecule has 0 aliphatic carbocycles. The molecule has 2 N–H and O–H groups in total. The Hall–Kier alpha value is -0.160. The predicted molar refractivity (Wildman–Crippen MR) is 55.8 cm³/mol. The maximum Gasteiger partial charge on any atom is 0.144 e. The third-order valence-corrected chi connectivity index (χ3v) is 0.995. The Bertz CT molecular complexity index is 105. The highest BCUT2D eigenvalue weighted by atomic mass is 16.6. The molecule has 14 heavy (non-hydrogen) atoms. The van der Waals surface area contributed by atoms with Crippen LogP contribution in [0.3, 0.4) is 0 Å². The van der Waals surface area contributed by atoms with Gasteiger partial charge in [0.1, 0.15) is 13.6 Å². The molecule has 0 aromatic heterocycles. The Morgan fingerprint density at radius 2 is 0.929 bits per heavy atom. The lowest BCUT2D eigenvalue weighted by Gasteiger charge is -2.16. The van der Waals surface area contributed by atoms with Gasteiger partial charge < -0.3 is 19.7 Å². The highest BCUT2D eigenvalue weighted by molar-refractivity contribution is 4.56. The van der Waals surface area contributed by atoms with E-state index in [-0.39, 0.29) is 24.8 Å². The molecule has 0 unspecified atom stereocenters. The second-order valence-electron chi connectivity index (χ2n) is 4.77. The van der Waals surface area contributed by atoms with Crippen LogP contribution in [0.15, 0.2) is 0 Å². The van der Waals surface area contributed by atoms with Crippen molar-refractivity contribution in [3.05, 3.63) is 0 Å². The van der Waals surface area contributed by atoms with Crippen molar-refractivity contribution in [2.45, 2.75) is 52.7 Å². The summed E-state index contributed by atoms with van der Waals surface area (Å²) >= 11 is 0. The van der Waals surface area contributed by atoms with Crippen molar-refractivity contribution >= 4 is 0 Å². The zero-order valence-electron chi connectivity index (χ0n) is 10.1. The lowest BCUT2D eigenvalue weighted by molar-refractivity contribution is -0.0883. The van der Waals surface area contributed by atoms with Crippen LogP contribution in [0, 0.1) is 0 Å². The van der Waals surface area contributed by atoms with E-state index in [0.717, 1.165) is 0 Å². The van der Waals surface area contributed by atoms with Crippen LogP contribution in [0.25, 0.3) is 0 Å². The van der Waals surface area contributed by atoms with Gasteiger partial charge in [-0.15, -0.1) is 0 Å². The van der Waals surface area contributed by atoms with Crippen LogP contribution < -0.4 is 0 Å². The third-order valence-electron chi connectivity index (χ3n) is 0.995. The SMILES string of the molecule is CC(C)(C)OCO.CC(C)(C)OCO. The highest BCUT2D eigenvalue weighted by Gasteiger charge is 2.07. The van der Waals surface area contributed by atoms with E-state index in [1.54, 1.807) is 0 Å². The molecule has 0 saturated heterocycles. The van der Waals surface area contributed by atoms with Crippen molar-refractivity contribution < 1.29 is 19.7 Å². The normalized spacial score (nSPS) is 12.0. The predicted octanol–water partition coefficient (Wildman–Crippen LogP) is 1.50. The van der Waals surface area contributed by atoms with E-state index in [1.165, 1.54) is 0 Å². The molecule has 0 rings (SSSR count). The first-order valence-electron chi connectivity index (χ1n) is 4.62. The number of hydrogen-bond acceptors (Lipinski definition) is 4. The molecule has 0 aromatic rings. The Morgan fingerprint density at radius 3 is 0.929 bits per heavy atom. The van der Waals surface area contributed by atoms with E-state index in [2.05, 4.69) is 0 Å². The Morgan fingerprint density at radius 1 is 0.714 bits per heavy atom. The highest BCUT2D eigenvalue weighted by Crippen LogP contribution is 2.04. The summed E-state index contributed by atoms with van der Waals surface area (Å²) in [6.07, 6.45) is 0. The molecule has 0 aromatic carbocycles. The molecule has 0 saturated carbocycles. The summed E-state index contributed by atoms with van der Waals surface area (Å²) in [4.78, 5) is 0. The molecule has 0 aliphatic heterocycles. The zero-order valence-corrected chi connectivity index (χ0v) is 10.1. The van der Waals surface area contributed by atoms with E-state index in [0.29, 0.717) is 0 Å². The first-order chi connectivity index (χ1) is 6.12. The lowest BCUT2D eigenvalue weighted by Crippen LogP contribution is -2.19. The van der Waals surface area contributed by atoms with E-state index in [9.17, 15) is 0 Å². The van der Waals surface area contributed by atoms with Gasteiger partial charge in [0.05, 0.1) is 11.2 Å². The number of ether oxygens (including phenoxy) is 2. The second kappa shape index (κ2) is 7.17. The largest absolute Gasteiger partial charge is 0.371 e.